The van der Waals surface area contributed by atoms with Crippen LogP contribution in [0.5, 0.6) is 5.75 Å². The molecule has 0 spiro atoms. The Kier molecular flexibility index (Phi) is 6.96. The van der Waals surface area contributed by atoms with E-state index in [4.69, 9.17) is 4.74 Å². The van der Waals surface area contributed by atoms with E-state index in [2.05, 4.69) is 18.8 Å². The summed E-state index contributed by atoms with van der Waals surface area (Å²) in [6.45, 7) is 6.61. The molecule has 0 aliphatic carbocycles. The molecule has 0 bridgehead atoms. The van der Waals surface area contributed by atoms with Gasteiger partial charge in [0, 0.05) is 24.5 Å². The van der Waals surface area contributed by atoms with Gasteiger partial charge >= 0.3 is 0 Å². The number of amides is 1. The minimum absolute atomic E-state index is 0.00133. The summed E-state index contributed by atoms with van der Waals surface area (Å²) in [7, 11) is 0. The van der Waals surface area contributed by atoms with E-state index < -0.39 is 23.5 Å². The number of likely N-dealkylation sites (tertiary alicyclic amines) is 1. The molecule has 1 aliphatic rings. The topological polar surface area (TPSA) is 79.7 Å². The Bertz CT molecular complexity index is 1270. The highest BCUT2D eigenvalue weighted by Crippen LogP contribution is 2.40. The highest BCUT2D eigenvalue weighted by molar-refractivity contribution is 6.46. The molecule has 7 heteroatoms. The standard InChI is InChI=1S/C28H27FN2O4/c1-17(2)16-35-23-9-6-21(14-18(23)3)26(32)24-25(20-10-12-30-13-11-20)31(28(34)27(24)33)15-19-4-7-22(29)8-5-19/h4-14,17,25,32H,15-16H2,1-3H3/b26-24-. The number of aryl methyl sites for hydroxylation is 1. The van der Waals surface area contributed by atoms with Gasteiger partial charge in [-0.1, -0.05) is 26.0 Å². The predicted molar refractivity (Wildman–Crippen MR) is 130 cm³/mol. The molecular formula is C28H27FN2O4. The molecule has 2 heterocycles. The van der Waals surface area contributed by atoms with Crippen molar-refractivity contribution in [1.29, 1.82) is 0 Å². The second kappa shape index (κ2) is 10.1. The molecule has 1 aromatic heterocycles. The fraction of sp³-hybridized carbons (Fsp3) is 0.250. The quantitative estimate of drug-likeness (QED) is 0.290. The summed E-state index contributed by atoms with van der Waals surface area (Å²) >= 11 is 0. The molecule has 0 saturated carbocycles. The van der Waals surface area contributed by atoms with Crippen LogP contribution >= 0.6 is 0 Å². The van der Waals surface area contributed by atoms with Crippen LogP contribution in [0.15, 0.2) is 72.6 Å². The highest BCUT2D eigenvalue weighted by atomic mass is 19.1. The van der Waals surface area contributed by atoms with Gasteiger partial charge in [-0.3, -0.25) is 14.6 Å². The van der Waals surface area contributed by atoms with Crippen LogP contribution in [-0.2, 0) is 16.1 Å². The van der Waals surface area contributed by atoms with E-state index >= 15 is 0 Å². The van der Waals surface area contributed by atoms with Crippen LogP contribution in [0.4, 0.5) is 4.39 Å². The van der Waals surface area contributed by atoms with Crippen LogP contribution in [0.1, 0.15) is 42.1 Å². The number of hydrogen-bond donors (Lipinski definition) is 1. The zero-order valence-electron chi connectivity index (χ0n) is 19.9. The molecule has 1 aliphatic heterocycles. The molecule has 2 aromatic carbocycles. The third kappa shape index (κ3) is 5.09. The van der Waals surface area contributed by atoms with E-state index in [9.17, 15) is 19.1 Å². The molecule has 1 unspecified atom stereocenters. The summed E-state index contributed by atoms with van der Waals surface area (Å²) in [6, 6.07) is 13.5. The number of aliphatic hydroxyl groups excluding tert-OH is 1. The molecule has 6 nitrogen and oxygen atoms in total. The number of nitrogens with zero attached hydrogens (tertiary/aromatic N) is 2. The molecule has 3 aromatic rings. The first-order valence-electron chi connectivity index (χ1n) is 11.4. The number of benzene rings is 2. The normalized spacial score (nSPS) is 17.3. The van der Waals surface area contributed by atoms with E-state index in [1.54, 1.807) is 54.9 Å². The van der Waals surface area contributed by atoms with Crippen LogP contribution in [0.25, 0.3) is 5.76 Å². The summed E-state index contributed by atoms with van der Waals surface area (Å²) in [6.07, 6.45) is 3.14. The zero-order chi connectivity index (χ0) is 25.1. The Balaban J connectivity index is 1.77. The molecular weight excluding hydrogens is 447 g/mol. The van der Waals surface area contributed by atoms with Gasteiger partial charge in [-0.25, -0.2) is 4.39 Å². The van der Waals surface area contributed by atoms with Crippen LogP contribution in [-0.4, -0.2) is 33.3 Å². The molecule has 35 heavy (non-hydrogen) atoms. The Morgan fingerprint density at radius 2 is 1.77 bits per heavy atom. The Hall–Kier alpha value is -4.00. The monoisotopic (exact) mass is 474 g/mol. The second-order valence-corrected chi connectivity index (χ2v) is 9.02. The van der Waals surface area contributed by atoms with Gasteiger partial charge in [0.25, 0.3) is 11.7 Å². The molecule has 1 fully saturated rings. The fourth-order valence-corrected chi connectivity index (χ4v) is 4.09. The minimum atomic E-state index is -0.819. The van der Waals surface area contributed by atoms with Crippen molar-refractivity contribution >= 4 is 17.4 Å². The number of hydrogen-bond acceptors (Lipinski definition) is 5. The number of aliphatic hydroxyl groups is 1. The number of carbonyl (C=O) groups is 2. The third-order valence-electron chi connectivity index (χ3n) is 5.85. The van der Waals surface area contributed by atoms with Gasteiger partial charge in [-0.05, 0) is 72.0 Å². The Morgan fingerprint density at radius 1 is 1.09 bits per heavy atom. The van der Waals surface area contributed by atoms with E-state index in [0.717, 1.165) is 5.56 Å². The van der Waals surface area contributed by atoms with Gasteiger partial charge in [0.2, 0.25) is 0 Å². The summed E-state index contributed by atoms with van der Waals surface area (Å²) in [5.74, 6) is -1.10. The third-order valence-corrected chi connectivity index (χ3v) is 5.85. The van der Waals surface area contributed by atoms with Crippen LogP contribution < -0.4 is 4.74 Å². The van der Waals surface area contributed by atoms with Gasteiger partial charge in [0.05, 0.1) is 18.2 Å². The van der Waals surface area contributed by atoms with Gasteiger partial charge in [0.1, 0.15) is 17.3 Å². The molecule has 1 atom stereocenters. The first-order valence-corrected chi connectivity index (χ1v) is 11.4. The second-order valence-electron chi connectivity index (χ2n) is 9.02. The lowest BCUT2D eigenvalue weighted by Gasteiger charge is -2.25. The fourth-order valence-electron chi connectivity index (χ4n) is 4.09. The van der Waals surface area contributed by atoms with Crippen LogP contribution in [0.3, 0.4) is 0 Å². The SMILES string of the molecule is Cc1cc(/C(O)=C2/C(=O)C(=O)N(Cc3ccc(F)cc3)C2c2ccncc2)ccc1OCC(C)C. The summed E-state index contributed by atoms with van der Waals surface area (Å²) in [5.41, 5.74) is 2.51. The number of carbonyl (C=O) groups excluding carboxylic acids is 2. The molecule has 1 amide bonds. The number of aromatic nitrogens is 1. The van der Waals surface area contributed by atoms with Crippen LogP contribution in [0, 0.1) is 18.7 Å². The number of Topliss-reactive ketones (excluding diaryl/α,β-unsaturated/α-hetero) is 1. The smallest absolute Gasteiger partial charge is 0.295 e. The number of ether oxygens (including phenoxy) is 1. The maximum absolute atomic E-state index is 13.4. The first-order chi connectivity index (χ1) is 16.8. The van der Waals surface area contributed by atoms with Gasteiger partial charge < -0.3 is 14.7 Å². The largest absolute Gasteiger partial charge is 0.507 e. The summed E-state index contributed by atoms with van der Waals surface area (Å²) in [4.78, 5) is 31.7. The van der Waals surface area contributed by atoms with Gasteiger partial charge in [-0.2, -0.15) is 0 Å². The van der Waals surface area contributed by atoms with Crippen LogP contribution in [0.2, 0.25) is 0 Å². The molecule has 0 radical (unpaired) electrons. The molecule has 1 N–H and O–H groups in total. The van der Waals surface area contributed by atoms with Crippen molar-refractivity contribution in [2.75, 3.05) is 6.61 Å². The lowest BCUT2D eigenvalue weighted by molar-refractivity contribution is -0.140. The number of ketones is 1. The van der Waals surface area contributed by atoms with E-state index in [1.165, 1.54) is 17.0 Å². The van der Waals surface area contributed by atoms with Crippen molar-refractivity contribution < 1.29 is 23.8 Å². The van der Waals surface area contributed by atoms with E-state index in [0.29, 0.717) is 35.0 Å². The zero-order valence-corrected chi connectivity index (χ0v) is 19.9. The Morgan fingerprint density at radius 3 is 2.40 bits per heavy atom. The van der Waals surface area contributed by atoms with Crippen molar-refractivity contribution in [3.8, 4) is 5.75 Å². The lowest BCUT2D eigenvalue weighted by atomic mass is 9.95. The Labute approximate surface area is 203 Å². The number of halogens is 1. The van der Waals surface area contributed by atoms with Crippen molar-refractivity contribution in [2.24, 2.45) is 5.92 Å². The van der Waals surface area contributed by atoms with Crippen molar-refractivity contribution in [2.45, 2.75) is 33.4 Å². The predicted octanol–water partition coefficient (Wildman–Crippen LogP) is 5.19. The average molecular weight is 475 g/mol. The minimum Gasteiger partial charge on any atom is -0.507 e. The number of rotatable bonds is 7. The van der Waals surface area contributed by atoms with Gasteiger partial charge in [-0.15, -0.1) is 0 Å². The summed E-state index contributed by atoms with van der Waals surface area (Å²) < 4.78 is 19.2. The highest BCUT2D eigenvalue weighted by Gasteiger charge is 2.46. The lowest BCUT2D eigenvalue weighted by Crippen LogP contribution is -2.29. The van der Waals surface area contributed by atoms with Crippen molar-refractivity contribution in [1.82, 2.24) is 9.88 Å². The van der Waals surface area contributed by atoms with E-state index in [-0.39, 0.29) is 17.9 Å². The molecule has 180 valence electrons. The maximum Gasteiger partial charge on any atom is 0.295 e. The van der Waals surface area contributed by atoms with Gasteiger partial charge in [0.15, 0.2) is 0 Å². The van der Waals surface area contributed by atoms with Crippen molar-refractivity contribution in [3.05, 3.63) is 101 Å². The number of pyridine rings is 1. The maximum atomic E-state index is 13.4. The average Bonchev–Trinajstić information content (AvgIpc) is 3.09. The molecule has 4 rings (SSSR count). The van der Waals surface area contributed by atoms with E-state index in [1.807, 2.05) is 6.92 Å². The van der Waals surface area contributed by atoms with Crippen molar-refractivity contribution in [3.63, 3.8) is 0 Å². The first kappa shape index (κ1) is 24.1. The molecule has 1 saturated heterocycles. The summed E-state index contributed by atoms with van der Waals surface area (Å²) in [5, 5.41) is 11.3.